The van der Waals surface area contributed by atoms with Crippen LogP contribution in [-0.2, 0) is 0 Å². The average Bonchev–Trinajstić information content (AvgIpc) is 2.61. The minimum Gasteiger partial charge on any atom is -0.418 e. The van der Waals surface area contributed by atoms with Crippen LogP contribution >= 0.6 is 0 Å². The van der Waals surface area contributed by atoms with Gasteiger partial charge in [0, 0.05) is 0 Å². The highest BCUT2D eigenvalue weighted by Gasteiger charge is 2.20. The maximum Gasteiger partial charge on any atom is 0.673 e. The quantitative estimate of drug-likeness (QED) is 0.493. The number of nitrogens with one attached hydrogen (secondary N) is 1. The number of carbonyl (C=O) groups excluding carboxylic acids is 1. The SMILES string of the molecule is F[B-](F)(F)F.NC(N)=O.c1ccc2[nH]nnc2c1. The standard InChI is InChI=1S/C6H5N3.CH4N2O.BF4/c1-2-4-6-5(3-1)7-9-8-6;2-1(3)4;2-1(3,4)5/h1-4H,(H,7,8,9);(H4,2,3,4);/q;;-1. The number of H-pyrrole nitrogens is 1. The summed E-state index contributed by atoms with van der Waals surface area (Å²) in [4.78, 5) is 9.00. The summed E-state index contributed by atoms with van der Waals surface area (Å²) in [6, 6.07) is 6.90. The first-order valence-corrected chi connectivity index (χ1v) is 4.38. The second kappa shape index (κ2) is 7.09. The predicted octanol–water partition coefficient (Wildman–Crippen LogP) is 1.28. The number of urea groups is 1. The molecule has 1 aromatic carbocycles. The van der Waals surface area contributed by atoms with Gasteiger partial charge in [-0.3, -0.25) is 5.10 Å². The molecular weight excluding hydrogens is 257 g/mol. The van der Waals surface area contributed by atoms with Crippen LogP contribution in [0, 0.1) is 0 Å². The van der Waals surface area contributed by atoms with Crippen molar-refractivity contribution in [3.63, 3.8) is 0 Å². The molecule has 0 saturated heterocycles. The van der Waals surface area contributed by atoms with Crippen LogP contribution in [0.3, 0.4) is 0 Å². The van der Waals surface area contributed by atoms with Crippen molar-refractivity contribution >= 4 is 24.3 Å². The smallest absolute Gasteiger partial charge is 0.418 e. The summed E-state index contributed by atoms with van der Waals surface area (Å²) in [6.45, 7) is 0. The Kier molecular flexibility index (Phi) is 6.17. The first-order chi connectivity index (χ1) is 8.20. The number of hydrogen-bond donors (Lipinski definition) is 3. The highest BCUT2D eigenvalue weighted by molar-refractivity contribution is 6.50. The van der Waals surface area contributed by atoms with Gasteiger partial charge in [0.1, 0.15) is 5.52 Å². The fourth-order valence-corrected chi connectivity index (χ4v) is 0.788. The summed E-state index contributed by atoms with van der Waals surface area (Å²) >= 11 is 0. The Morgan fingerprint density at radius 2 is 1.61 bits per heavy atom. The minimum atomic E-state index is -6.00. The zero-order valence-electron chi connectivity index (χ0n) is 8.86. The number of nitrogens with zero attached hydrogens (tertiary/aromatic N) is 2. The third kappa shape index (κ3) is 10.2. The third-order valence-corrected chi connectivity index (χ3v) is 1.23. The molecule has 2 amide bonds. The van der Waals surface area contributed by atoms with E-state index in [0.717, 1.165) is 11.0 Å². The topological polar surface area (TPSA) is 111 Å². The number of halogens is 4. The fourth-order valence-electron chi connectivity index (χ4n) is 0.788. The molecule has 0 aliphatic carbocycles. The number of amides is 2. The zero-order chi connectivity index (χ0) is 14.2. The van der Waals surface area contributed by atoms with Crippen molar-refractivity contribution in [2.75, 3.05) is 0 Å². The number of fused-ring (bicyclic) bond motifs is 1. The maximum atomic E-state index is 9.75. The number of benzene rings is 1. The Hall–Kier alpha value is -2.33. The van der Waals surface area contributed by atoms with Crippen molar-refractivity contribution in [2.24, 2.45) is 11.5 Å². The molecule has 2 rings (SSSR count). The molecule has 0 unspecified atom stereocenters. The van der Waals surface area contributed by atoms with Crippen molar-refractivity contribution in [3.8, 4) is 0 Å². The lowest BCUT2D eigenvalue weighted by Gasteiger charge is -1.94. The molecule has 0 saturated carbocycles. The van der Waals surface area contributed by atoms with Crippen LogP contribution in [0.5, 0.6) is 0 Å². The van der Waals surface area contributed by atoms with Gasteiger partial charge in [0.05, 0.1) is 5.52 Å². The number of primary amides is 2. The molecular formula is C7H9BF4N5O-. The lowest BCUT2D eigenvalue weighted by Crippen LogP contribution is -2.18. The van der Waals surface area contributed by atoms with Gasteiger partial charge in [-0.15, -0.1) is 5.10 Å². The van der Waals surface area contributed by atoms with Crippen molar-refractivity contribution in [1.29, 1.82) is 0 Å². The molecule has 1 heterocycles. The highest BCUT2D eigenvalue weighted by atomic mass is 19.5. The molecule has 1 aromatic heterocycles. The van der Waals surface area contributed by atoms with Crippen LogP contribution in [0.25, 0.3) is 11.0 Å². The number of rotatable bonds is 0. The average molecular weight is 266 g/mol. The summed E-state index contributed by atoms with van der Waals surface area (Å²) in [7, 11) is -6.00. The van der Waals surface area contributed by atoms with E-state index in [4.69, 9.17) is 4.79 Å². The molecule has 0 spiro atoms. The normalized spacial score (nSPS) is 9.78. The summed E-state index contributed by atoms with van der Waals surface area (Å²) < 4.78 is 39.0. The second-order valence-corrected chi connectivity index (χ2v) is 2.73. The van der Waals surface area contributed by atoms with E-state index >= 15 is 0 Å². The Balaban J connectivity index is 0.000000278. The van der Waals surface area contributed by atoms with Gasteiger partial charge in [-0.25, -0.2) is 4.79 Å². The number of aromatic nitrogens is 3. The van der Waals surface area contributed by atoms with Crippen LogP contribution in [0.1, 0.15) is 0 Å². The van der Waals surface area contributed by atoms with Gasteiger partial charge in [-0.05, 0) is 12.1 Å². The molecule has 6 nitrogen and oxygen atoms in total. The largest absolute Gasteiger partial charge is 0.673 e. The van der Waals surface area contributed by atoms with Gasteiger partial charge in [-0.1, -0.05) is 17.3 Å². The first kappa shape index (κ1) is 15.7. The van der Waals surface area contributed by atoms with Crippen LogP contribution in [0.2, 0.25) is 0 Å². The van der Waals surface area contributed by atoms with Crippen LogP contribution < -0.4 is 11.5 Å². The lowest BCUT2D eigenvalue weighted by molar-refractivity contribution is 0.256. The van der Waals surface area contributed by atoms with Crippen molar-refractivity contribution in [2.45, 2.75) is 0 Å². The molecule has 0 atom stereocenters. The Bertz CT molecular complexity index is 448. The number of hydrogen-bond acceptors (Lipinski definition) is 3. The first-order valence-electron chi connectivity index (χ1n) is 4.38. The van der Waals surface area contributed by atoms with Gasteiger partial charge in [0.15, 0.2) is 0 Å². The van der Waals surface area contributed by atoms with Gasteiger partial charge < -0.3 is 28.7 Å². The van der Waals surface area contributed by atoms with Crippen LogP contribution in [0.15, 0.2) is 24.3 Å². The summed E-state index contributed by atoms with van der Waals surface area (Å²) in [5, 5.41) is 10.2. The molecule has 0 aliphatic rings. The van der Waals surface area contributed by atoms with Gasteiger partial charge in [0.2, 0.25) is 0 Å². The molecule has 0 bridgehead atoms. The van der Waals surface area contributed by atoms with Gasteiger partial charge in [0.25, 0.3) is 0 Å². The number of para-hydroxylation sites is 1. The summed E-state index contributed by atoms with van der Waals surface area (Å²) in [5.74, 6) is 0. The van der Waals surface area contributed by atoms with E-state index in [9.17, 15) is 17.3 Å². The number of aromatic amines is 1. The summed E-state index contributed by atoms with van der Waals surface area (Å²) in [6.07, 6.45) is 0. The van der Waals surface area contributed by atoms with E-state index in [1.165, 1.54) is 0 Å². The van der Waals surface area contributed by atoms with Crippen molar-refractivity contribution < 1.29 is 22.1 Å². The molecule has 0 fully saturated rings. The summed E-state index contributed by atoms with van der Waals surface area (Å²) in [5.41, 5.74) is 10.4. The highest BCUT2D eigenvalue weighted by Crippen LogP contribution is 2.06. The molecule has 18 heavy (non-hydrogen) atoms. The maximum absolute atomic E-state index is 9.75. The third-order valence-electron chi connectivity index (χ3n) is 1.23. The van der Waals surface area contributed by atoms with E-state index in [0.29, 0.717) is 0 Å². The second-order valence-electron chi connectivity index (χ2n) is 2.73. The lowest BCUT2D eigenvalue weighted by atomic mass is 10.3. The Morgan fingerprint density at radius 3 is 2.06 bits per heavy atom. The fraction of sp³-hybridized carbons (Fsp3) is 0. The van der Waals surface area contributed by atoms with E-state index in [-0.39, 0.29) is 0 Å². The molecule has 2 aromatic rings. The van der Waals surface area contributed by atoms with Crippen LogP contribution in [0.4, 0.5) is 22.1 Å². The van der Waals surface area contributed by atoms with Gasteiger partial charge >= 0.3 is 13.3 Å². The van der Waals surface area contributed by atoms with E-state index in [1.54, 1.807) is 0 Å². The predicted molar refractivity (Wildman–Crippen MR) is 57.8 cm³/mol. The molecule has 100 valence electrons. The van der Waals surface area contributed by atoms with E-state index in [1.807, 2.05) is 24.3 Å². The Labute approximate surface area is 98.4 Å². The zero-order valence-corrected chi connectivity index (χ0v) is 8.86. The monoisotopic (exact) mass is 266 g/mol. The number of nitrogens with two attached hydrogens (primary N) is 2. The van der Waals surface area contributed by atoms with Crippen molar-refractivity contribution in [1.82, 2.24) is 15.4 Å². The molecule has 0 aliphatic heterocycles. The molecule has 11 heteroatoms. The van der Waals surface area contributed by atoms with Crippen molar-refractivity contribution in [3.05, 3.63) is 24.3 Å². The van der Waals surface area contributed by atoms with E-state index in [2.05, 4.69) is 26.9 Å². The Morgan fingerprint density at radius 1 is 1.17 bits per heavy atom. The molecule has 0 radical (unpaired) electrons. The van der Waals surface area contributed by atoms with E-state index < -0.39 is 13.3 Å². The number of carbonyl (C=O) groups is 1. The van der Waals surface area contributed by atoms with Crippen LogP contribution in [-0.4, -0.2) is 28.7 Å². The van der Waals surface area contributed by atoms with Gasteiger partial charge in [-0.2, -0.15) is 0 Å². The molecule has 5 N–H and O–H groups in total. The minimum absolute atomic E-state index is 0.833.